The van der Waals surface area contributed by atoms with Crippen LogP contribution in [0.25, 0.3) is 0 Å². The van der Waals surface area contributed by atoms with Gasteiger partial charge in [0.25, 0.3) is 0 Å². The number of rotatable bonds is 3. The number of nitrogens with one attached hydrogen (secondary N) is 1. The van der Waals surface area contributed by atoms with Gasteiger partial charge in [0.1, 0.15) is 0 Å². The molecule has 15 heavy (non-hydrogen) atoms. The fourth-order valence-electron chi connectivity index (χ4n) is 1.62. The third-order valence-corrected chi connectivity index (χ3v) is 2.89. The first-order valence-corrected chi connectivity index (χ1v) is 5.43. The maximum atomic E-state index is 8.84. The molecule has 1 unspecified atom stereocenters. The highest BCUT2D eigenvalue weighted by atomic mass is 15.2. The SMILES string of the molecule is CC(C)(C#N)N=NC(C)(C)C1CCNC1. The van der Waals surface area contributed by atoms with Crippen molar-refractivity contribution in [1.29, 1.82) is 5.26 Å². The number of nitriles is 1. The Morgan fingerprint density at radius 1 is 1.27 bits per heavy atom. The summed E-state index contributed by atoms with van der Waals surface area (Å²) in [5.41, 5.74) is -0.874. The second-order valence-corrected chi connectivity index (χ2v) is 5.21. The Hall–Kier alpha value is -0.950. The van der Waals surface area contributed by atoms with E-state index in [4.69, 9.17) is 5.26 Å². The van der Waals surface area contributed by atoms with Gasteiger partial charge in [0.15, 0.2) is 5.54 Å². The van der Waals surface area contributed by atoms with Crippen molar-refractivity contribution >= 4 is 0 Å². The van der Waals surface area contributed by atoms with Gasteiger partial charge in [0.2, 0.25) is 0 Å². The molecule has 0 bridgehead atoms. The van der Waals surface area contributed by atoms with Crippen LogP contribution in [0, 0.1) is 17.2 Å². The van der Waals surface area contributed by atoms with Crippen LogP contribution in [0.2, 0.25) is 0 Å². The van der Waals surface area contributed by atoms with Crippen LogP contribution in [-0.4, -0.2) is 24.2 Å². The van der Waals surface area contributed by atoms with Gasteiger partial charge in [-0.3, -0.25) is 0 Å². The number of nitrogens with zero attached hydrogens (tertiary/aromatic N) is 3. The van der Waals surface area contributed by atoms with E-state index in [1.54, 1.807) is 13.8 Å². The normalized spacial score (nSPS) is 23.3. The molecule has 1 N–H and O–H groups in total. The Labute approximate surface area is 91.8 Å². The van der Waals surface area contributed by atoms with Crippen LogP contribution in [-0.2, 0) is 0 Å². The molecule has 0 aromatic rings. The molecule has 0 amide bonds. The molecule has 0 saturated carbocycles. The third-order valence-electron chi connectivity index (χ3n) is 2.89. The van der Waals surface area contributed by atoms with E-state index in [1.807, 2.05) is 0 Å². The van der Waals surface area contributed by atoms with Gasteiger partial charge in [-0.25, -0.2) is 0 Å². The molecule has 84 valence electrons. The molecule has 0 spiro atoms. The fourth-order valence-corrected chi connectivity index (χ4v) is 1.62. The first-order chi connectivity index (χ1) is 6.87. The van der Waals surface area contributed by atoms with Gasteiger partial charge in [0.05, 0.1) is 11.6 Å². The quantitative estimate of drug-likeness (QED) is 0.722. The monoisotopic (exact) mass is 208 g/mol. The number of hydrogen-bond acceptors (Lipinski definition) is 4. The lowest BCUT2D eigenvalue weighted by atomic mass is 9.88. The van der Waals surface area contributed by atoms with Crippen molar-refractivity contribution < 1.29 is 0 Å². The van der Waals surface area contributed by atoms with Gasteiger partial charge >= 0.3 is 0 Å². The molecule has 4 heteroatoms. The summed E-state index contributed by atoms with van der Waals surface area (Å²) in [4.78, 5) is 0. The zero-order valence-electron chi connectivity index (χ0n) is 10.0. The average molecular weight is 208 g/mol. The summed E-state index contributed by atoms with van der Waals surface area (Å²) >= 11 is 0. The number of azo groups is 1. The molecule has 1 aliphatic rings. The first kappa shape index (κ1) is 12.1. The predicted octanol–water partition coefficient (Wildman–Crippen LogP) is 2.13. The minimum atomic E-state index is -0.705. The van der Waals surface area contributed by atoms with Crippen molar-refractivity contribution in [3.05, 3.63) is 0 Å². The highest BCUT2D eigenvalue weighted by molar-refractivity contribution is 5.00. The summed E-state index contributed by atoms with van der Waals surface area (Å²) in [6, 6.07) is 2.13. The minimum Gasteiger partial charge on any atom is -0.316 e. The summed E-state index contributed by atoms with van der Waals surface area (Å²) in [5.74, 6) is 0.524. The van der Waals surface area contributed by atoms with E-state index in [-0.39, 0.29) is 5.54 Å². The third kappa shape index (κ3) is 3.28. The van der Waals surface area contributed by atoms with Gasteiger partial charge in [-0.05, 0) is 46.6 Å². The molecule has 0 radical (unpaired) electrons. The largest absolute Gasteiger partial charge is 0.316 e. The van der Waals surface area contributed by atoms with Gasteiger partial charge < -0.3 is 5.32 Å². The van der Waals surface area contributed by atoms with Gasteiger partial charge in [0, 0.05) is 6.54 Å². The molecule has 1 saturated heterocycles. The van der Waals surface area contributed by atoms with E-state index in [1.165, 1.54) is 0 Å². The fraction of sp³-hybridized carbons (Fsp3) is 0.909. The van der Waals surface area contributed by atoms with Crippen LogP contribution in [0.4, 0.5) is 0 Å². The zero-order valence-corrected chi connectivity index (χ0v) is 10.0. The van der Waals surface area contributed by atoms with E-state index in [0.29, 0.717) is 5.92 Å². The van der Waals surface area contributed by atoms with Crippen molar-refractivity contribution in [1.82, 2.24) is 5.32 Å². The molecule has 0 aromatic heterocycles. The van der Waals surface area contributed by atoms with E-state index >= 15 is 0 Å². The van der Waals surface area contributed by atoms with E-state index in [0.717, 1.165) is 19.5 Å². The summed E-state index contributed by atoms with van der Waals surface area (Å²) in [7, 11) is 0. The van der Waals surface area contributed by atoms with Crippen molar-refractivity contribution in [3.63, 3.8) is 0 Å². The van der Waals surface area contributed by atoms with Crippen LogP contribution in [0.3, 0.4) is 0 Å². The van der Waals surface area contributed by atoms with Crippen LogP contribution in [0.15, 0.2) is 10.2 Å². The van der Waals surface area contributed by atoms with Crippen molar-refractivity contribution in [2.75, 3.05) is 13.1 Å². The van der Waals surface area contributed by atoms with Crippen LogP contribution in [0.1, 0.15) is 34.1 Å². The summed E-state index contributed by atoms with van der Waals surface area (Å²) in [5, 5.41) is 20.6. The van der Waals surface area contributed by atoms with Crippen molar-refractivity contribution in [2.45, 2.75) is 45.2 Å². The highest BCUT2D eigenvalue weighted by Crippen LogP contribution is 2.28. The maximum Gasteiger partial charge on any atom is 0.161 e. The Bertz CT molecular complexity index is 279. The van der Waals surface area contributed by atoms with Gasteiger partial charge in [-0.1, -0.05) is 0 Å². The summed E-state index contributed by atoms with van der Waals surface area (Å²) < 4.78 is 0. The highest BCUT2D eigenvalue weighted by Gasteiger charge is 2.32. The minimum absolute atomic E-state index is 0.169. The van der Waals surface area contributed by atoms with Gasteiger partial charge in [-0.2, -0.15) is 15.5 Å². The van der Waals surface area contributed by atoms with E-state index < -0.39 is 5.54 Å². The lowest BCUT2D eigenvalue weighted by Gasteiger charge is -2.26. The van der Waals surface area contributed by atoms with E-state index in [9.17, 15) is 0 Å². The van der Waals surface area contributed by atoms with Crippen LogP contribution < -0.4 is 5.32 Å². The zero-order chi connectivity index (χ0) is 11.5. The maximum absolute atomic E-state index is 8.84. The Balaban J connectivity index is 2.67. The predicted molar refractivity (Wildman–Crippen MR) is 59.6 cm³/mol. The van der Waals surface area contributed by atoms with Gasteiger partial charge in [-0.15, -0.1) is 0 Å². The van der Waals surface area contributed by atoms with Crippen molar-refractivity contribution in [2.24, 2.45) is 16.1 Å². The Morgan fingerprint density at radius 2 is 1.93 bits per heavy atom. The molecule has 1 atom stereocenters. The summed E-state index contributed by atoms with van der Waals surface area (Å²) in [6.07, 6.45) is 1.14. The van der Waals surface area contributed by atoms with Crippen LogP contribution in [0.5, 0.6) is 0 Å². The Morgan fingerprint density at radius 3 is 2.40 bits per heavy atom. The molecule has 1 heterocycles. The summed E-state index contributed by atoms with van der Waals surface area (Å²) in [6.45, 7) is 9.78. The van der Waals surface area contributed by atoms with E-state index in [2.05, 4.69) is 35.5 Å². The first-order valence-electron chi connectivity index (χ1n) is 5.43. The molecular weight excluding hydrogens is 188 g/mol. The molecule has 1 rings (SSSR count). The Kier molecular flexibility index (Phi) is 3.46. The molecule has 0 aromatic carbocycles. The standard InChI is InChI=1S/C11H20N4/c1-10(2,8-12)14-15-11(3,4)9-5-6-13-7-9/h9,13H,5-7H2,1-4H3. The lowest BCUT2D eigenvalue weighted by Crippen LogP contribution is -2.31. The average Bonchev–Trinajstić information content (AvgIpc) is 2.69. The van der Waals surface area contributed by atoms with Crippen LogP contribution >= 0.6 is 0 Å². The second-order valence-electron chi connectivity index (χ2n) is 5.21. The lowest BCUT2D eigenvalue weighted by molar-refractivity contribution is 0.323. The molecule has 4 nitrogen and oxygen atoms in total. The van der Waals surface area contributed by atoms with Crippen molar-refractivity contribution in [3.8, 4) is 6.07 Å². The molecule has 1 aliphatic heterocycles. The second kappa shape index (κ2) is 4.28. The molecular formula is C11H20N4. The molecule has 0 aliphatic carbocycles. The smallest absolute Gasteiger partial charge is 0.161 e. The molecule has 1 fully saturated rings. The number of hydrogen-bond donors (Lipinski definition) is 1. The topological polar surface area (TPSA) is 60.5 Å².